The Balaban J connectivity index is 2.32. The number of ether oxygens (including phenoxy) is 2. The standard InChI is InChI=1S/C45H67N3O9/c1-11-13-15-17-36(42(53)54)47-40(51)29(3)26-38(50)39(30(4)56-44(5,6)7)48-41(52)35(28-46-43(55)57-45(8,9)10)27-37(49)34-24-22-33(23-25-34)32-20-18-31(19-21-32)16-14-12-2/h18-25,29-30,35-36,39H,11-17,26-28H2,1-10H3,(H,46,55)(H,47,51)(H,48,52)(H,53,54)/t29-,30-,35+,36+,39+/m1/s1. The minimum Gasteiger partial charge on any atom is -0.480 e. The molecule has 0 aliphatic rings. The van der Waals surface area contributed by atoms with Gasteiger partial charge in [0.2, 0.25) is 11.8 Å². The summed E-state index contributed by atoms with van der Waals surface area (Å²) in [7, 11) is 0. The first-order valence-electron chi connectivity index (χ1n) is 20.4. The van der Waals surface area contributed by atoms with E-state index in [0.717, 1.165) is 43.2 Å². The number of aryl methyl sites for hydroxylation is 1. The lowest BCUT2D eigenvalue weighted by Gasteiger charge is -2.32. The van der Waals surface area contributed by atoms with Crippen molar-refractivity contribution in [1.82, 2.24) is 16.0 Å². The maximum absolute atomic E-state index is 14.1. The van der Waals surface area contributed by atoms with Crippen molar-refractivity contribution in [2.75, 3.05) is 6.54 Å². The van der Waals surface area contributed by atoms with E-state index >= 15 is 0 Å². The summed E-state index contributed by atoms with van der Waals surface area (Å²) in [6, 6.07) is 13.1. The Morgan fingerprint density at radius 3 is 1.82 bits per heavy atom. The number of carbonyl (C=O) groups is 6. The second kappa shape index (κ2) is 23.0. The van der Waals surface area contributed by atoms with E-state index < -0.39 is 70.9 Å². The minimum atomic E-state index is -1.24. The number of amides is 3. The summed E-state index contributed by atoms with van der Waals surface area (Å²) < 4.78 is 11.5. The number of nitrogens with one attached hydrogen (secondary N) is 3. The van der Waals surface area contributed by atoms with E-state index in [9.17, 15) is 33.9 Å². The number of alkyl carbamates (subject to hydrolysis) is 1. The van der Waals surface area contributed by atoms with Crippen LogP contribution in [0.15, 0.2) is 48.5 Å². The van der Waals surface area contributed by atoms with Crippen LogP contribution in [0.1, 0.15) is 137 Å². The van der Waals surface area contributed by atoms with Gasteiger partial charge in [-0.1, -0.05) is 95.0 Å². The van der Waals surface area contributed by atoms with Gasteiger partial charge in [-0.2, -0.15) is 0 Å². The fourth-order valence-electron chi connectivity index (χ4n) is 6.26. The molecule has 0 aromatic heterocycles. The molecule has 0 spiro atoms. The summed E-state index contributed by atoms with van der Waals surface area (Å²) in [5, 5.41) is 17.6. The second-order valence-corrected chi connectivity index (χ2v) is 17.0. The molecule has 0 aliphatic carbocycles. The van der Waals surface area contributed by atoms with Crippen molar-refractivity contribution >= 4 is 35.4 Å². The normalized spacial score (nSPS) is 14.4. The molecule has 4 N–H and O–H groups in total. The van der Waals surface area contributed by atoms with Crippen LogP contribution in [0.3, 0.4) is 0 Å². The molecule has 0 aliphatic heterocycles. The van der Waals surface area contributed by atoms with Crippen molar-refractivity contribution in [3.8, 4) is 11.1 Å². The van der Waals surface area contributed by atoms with Gasteiger partial charge in [0, 0.05) is 30.9 Å². The number of unbranched alkanes of at least 4 members (excludes halogenated alkanes) is 3. The van der Waals surface area contributed by atoms with Gasteiger partial charge in [0.05, 0.1) is 17.6 Å². The number of aliphatic carboxylic acids is 1. The third kappa shape index (κ3) is 18.0. The SMILES string of the molecule is CCCCC[C@H](NC(=O)[C@H](C)CC(=O)[C@@H](NC(=O)[C@H](CNC(=O)OC(C)(C)C)CC(=O)c1ccc(-c2ccc(CCCC)cc2)cc1)[C@@H](C)OC(C)(C)C)C(=O)O. The molecule has 0 fully saturated rings. The zero-order chi connectivity index (χ0) is 42.9. The average molecular weight is 794 g/mol. The molecule has 3 amide bonds. The number of Topliss-reactive ketones (excluding diaryl/α,β-unsaturated/α-hetero) is 2. The zero-order valence-corrected chi connectivity index (χ0v) is 35.8. The Morgan fingerprint density at radius 1 is 0.719 bits per heavy atom. The summed E-state index contributed by atoms with van der Waals surface area (Å²) in [6.45, 7) is 17.5. The molecule has 12 heteroatoms. The molecular weight excluding hydrogens is 727 g/mol. The highest BCUT2D eigenvalue weighted by Gasteiger charge is 2.35. The van der Waals surface area contributed by atoms with Gasteiger partial charge in [-0.3, -0.25) is 19.2 Å². The van der Waals surface area contributed by atoms with Crippen molar-refractivity contribution in [3.05, 3.63) is 59.7 Å². The molecule has 12 nitrogen and oxygen atoms in total. The van der Waals surface area contributed by atoms with E-state index in [1.54, 1.807) is 60.6 Å². The summed E-state index contributed by atoms with van der Waals surface area (Å²) in [5.41, 5.74) is 2.06. The van der Waals surface area contributed by atoms with Crippen LogP contribution in [-0.2, 0) is 35.1 Å². The third-order valence-corrected chi connectivity index (χ3v) is 9.33. The predicted molar refractivity (Wildman–Crippen MR) is 222 cm³/mol. The van der Waals surface area contributed by atoms with Gasteiger partial charge in [-0.05, 0) is 84.4 Å². The number of carboxylic acid groups (broad SMARTS) is 1. The van der Waals surface area contributed by atoms with Crippen LogP contribution in [-0.4, -0.2) is 76.5 Å². The number of hydrogen-bond donors (Lipinski definition) is 4. The molecule has 2 aromatic carbocycles. The molecular formula is C45H67N3O9. The first-order valence-corrected chi connectivity index (χ1v) is 20.4. The van der Waals surface area contributed by atoms with Gasteiger partial charge in [0.1, 0.15) is 17.7 Å². The van der Waals surface area contributed by atoms with E-state index in [-0.39, 0.29) is 31.6 Å². The Morgan fingerprint density at radius 2 is 1.30 bits per heavy atom. The van der Waals surface area contributed by atoms with Crippen LogP contribution in [0.2, 0.25) is 0 Å². The first-order chi connectivity index (χ1) is 26.6. The summed E-state index contributed by atoms with van der Waals surface area (Å²) in [4.78, 5) is 79.3. The third-order valence-electron chi connectivity index (χ3n) is 9.33. The van der Waals surface area contributed by atoms with Crippen molar-refractivity contribution in [1.29, 1.82) is 0 Å². The van der Waals surface area contributed by atoms with Gasteiger partial charge in [0.15, 0.2) is 11.6 Å². The minimum absolute atomic E-state index is 0.263. The van der Waals surface area contributed by atoms with Crippen molar-refractivity contribution in [2.24, 2.45) is 11.8 Å². The van der Waals surface area contributed by atoms with Gasteiger partial charge < -0.3 is 30.5 Å². The lowest BCUT2D eigenvalue weighted by Crippen LogP contribution is -2.54. The number of hydrogen-bond acceptors (Lipinski definition) is 8. The van der Waals surface area contributed by atoms with Crippen LogP contribution in [0, 0.1) is 11.8 Å². The molecule has 0 saturated heterocycles. The van der Waals surface area contributed by atoms with Crippen LogP contribution in [0.5, 0.6) is 0 Å². The largest absolute Gasteiger partial charge is 0.480 e. The van der Waals surface area contributed by atoms with Crippen LogP contribution < -0.4 is 16.0 Å². The van der Waals surface area contributed by atoms with E-state index in [1.165, 1.54) is 12.5 Å². The van der Waals surface area contributed by atoms with Gasteiger partial charge in [-0.15, -0.1) is 0 Å². The van der Waals surface area contributed by atoms with Crippen LogP contribution in [0.4, 0.5) is 4.79 Å². The van der Waals surface area contributed by atoms with E-state index in [1.807, 2.05) is 19.1 Å². The molecule has 2 rings (SSSR count). The average Bonchev–Trinajstić information content (AvgIpc) is 3.12. The quantitative estimate of drug-likeness (QED) is 0.0645. The van der Waals surface area contributed by atoms with Crippen molar-refractivity contribution in [2.45, 2.75) is 156 Å². The maximum Gasteiger partial charge on any atom is 0.407 e. The highest BCUT2D eigenvalue weighted by atomic mass is 16.6. The molecule has 2 aromatic rings. The van der Waals surface area contributed by atoms with Gasteiger partial charge in [0.25, 0.3) is 0 Å². The summed E-state index contributed by atoms with van der Waals surface area (Å²) >= 11 is 0. The summed E-state index contributed by atoms with van der Waals surface area (Å²) in [6.07, 6.45) is 3.62. The molecule has 57 heavy (non-hydrogen) atoms. The number of ketones is 2. The van der Waals surface area contributed by atoms with Crippen LogP contribution >= 0.6 is 0 Å². The van der Waals surface area contributed by atoms with Crippen LogP contribution in [0.25, 0.3) is 11.1 Å². The van der Waals surface area contributed by atoms with Crippen molar-refractivity contribution in [3.63, 3.8) is 0 Å². The molecule has 0 radical (unpaired) electrons. The highest BCUT2D eigenvalue weighted by Crippen LogP contribution is 2.23. The molecule has 0 bridgehead atoms. The predicted octanol–water partition coefficient (Wildman–Crippen LogP) is 7.84. The Bertz CT molecular complexity index is 1630. The number of carboxylic acids is 1. The molecule has 5 atom stereocenters. The topological polar surface area (TPSA) is 177 Å². The van der Waals surface area contributed by atoms with Gasteiger partial charge in [-0.25, -0.2) is 9.59 Å². The lowest BCUT2D eigenvalue weighted by molar-refractivity contribution is -0.143. The monoisotopic (exact) mass is 793 g/mol. The van der Waals surface area contributed by atoms with Crippen molar-refractivity contribution < 1.29 is 43.3 Å². The van der Waals surface area contributed by atoms with E-state index in [0.29, 0.717) is 12.0 Å². The molecule has 316 valence electrons. The summed E-state index contributed by atoms with van der Waals surface area (Å²) in [5.74, 6) is -5.32. The Hall–Kier alpha value is -4.58. The zero-order valence-electron chi connectivity index (χ0n) is 35.8. The fraction of sp³-hybridized carbons (Fsp3) is 0.600. The Labute approximate surface area is 339 Å². The fourth-order valence-corrected chi connectivity index (χ4v) is 6.26. The van der Waals surface area contributed by atoms with E-state index in [2.05, 4.69) is 47.1 Å². The number of benzene rings is 2. The smallest absolute Gasteiger partial charge is 0.407 e. The maximum atomic E-state index is 14.1. The number of rotatable bonds is 23. The lowest BCUT2D eigenvalue weighted by atomic mass is 9.93. The molecule has 0 saturated carbocycles. The molecule has 0 unspecified atom stereocenters. The second-order valence-electron chi connectivity index (χ2n) is 17.0. The number of carbonyl (C=O) groups excluding carboxylic acids is 5. The van der Waals surface area contributed by atoms with E-state index in [4.69, 9.17) is 9.47 Å². The van der Waals surface area contributed by atoms with Gasteiger partial charge >= 0.3 is 12.1 Å². The first kappa shape index (κ1) is 48.6. The molecule has 0 heterocycles. The highest BCUT2D eigenvalue weighted by molar-refractivity contribution is 6.00. The Kier molecular flexibility index (Phi) is 19.6.